The number of rotatable bonds is 7. The van der Waals surface area contributed by atoms with Crippen LogP contribution in [0.5, 0.6) is 0 Å². The summed E-state index contributed by atoms with van der Waals surface area (Å²) in [6.45, 7) is 6.39. The number of likely N-dealkylation sites (tertiary alicyclic amines) is 1. The van der Waals surface area contributed by atoms with Crippen molar-refractivity contribution in [3.05, 3.63) is 69.3 Å². The largest absolute Gasteiger partial charge is 0.299 e. The monoisotopic (exact) mass is 417 g/mol. The van der Waals surface area contributed by atoms with Gasteiger partial charge in [0.25, 0.3) is 5.69 Å². The molecule has 0 saturated carbocycles. The fourth-order valence-electron chi connectivity index (χ4n) is 3.77. The van der Waals surface area contributed by atoms with Crippen LogP contribution in [0.3, 0.4) is 0 Å². The van der Waals surface area contributed by atoms with E-state index >= 15 is 0 Å². The lowest BCUT2D eigenvalue weighted by molar-refractivity contribution is -0.385. The van der Waals surface area contributed by atoms with Gasteiger partial charge in [-0.3, -0.25) is 15.0 Å². The summed E-state index contributed by atoms with van der Waals surface area (Å²) < 4.78 is 27.8. The number of nitrogens with zero attached hydrogens (tertiary/aromatic N) is 2. The van der Waals surface area contributed by atoms with Crippen LogP contribution in [0.25, 0.3) is 0 Å². The number of nitro benzene ring substituents is 1. The maximum absolute atomic E-state index is 12.5. The van der Waals surface area contributed by atoms with Crippen molar-refractivity contribution in [3.63, 3.8) is 0 Å². The van der Waals surface area contributed by atoms with Crippen molar-refractivity contribution in [1.82, 2.24) is 9.62 Å². The van der Waals surface area contributed by atoms with E-state index in [1.165, 1.54) is 6.07 Å². The molecule has 1 atom stereocenters. The van der Waals surface area contributed by atoms with Crippen LogP contribution >= 0.6 is 0 Å². The van der Waals surface area contributed by atoms with E-state index in [2.05, 4.69) is 9.62 Å². The first-order chi connectivity index (χ1) is 13.8. The van der Waals surface area contributed by atoms with Crippen LogP contribution in [-0.2, 0) is 16.6 Å². The number of nitro groups is 1. The number of nitrogens with one attached hydrogen (secondary N) is 1. The zero-order chi connectivity index (χ0) is 21.0. The van der Waals surface area contributed by atoms with E-state index in [1.54, 1.807) is 37.3 Å². The standard InChI is InChI=1S/C21H27N3O4S/c1-16-8-10-20(11-9-16)29(27,28)22-13-18-5-4-12-23(14-18)15-19-6-3-7-21(17(19)2)24(25)26/h3,6-11,18,22H,4-5,12-15H2,1-2H3. The number of aryl methyl sites for hydroxylation is 1. The highest BCUT2D eigenvalue weighted by atomic mass is 32.2. The van der Waals surface area contributed by atoms with Gasteiger partial charge in [0.1, 0.15) is 0 Å². The second-order valence-corrected chi connectivity index (χ2v) is 9.49. The smallest absolute Gasteiger partial charge is 0.272 e. The third-order valence-electron chi connectivity index (χ3n) is 5.50. The van der Waals surface area contributed by atoms with Gasteiger partial charge in [0.15, 0.2) is 0 Å². The summed E-state index contributed by atoms with van der Waals surface area (Å²) in [6.07, 6.45) is 1.94. The number of hydrogen-bond donors (Lipinski definition) is 1. The molecule has 7 nitrogen and oxygen atoms in total. The minimum atomic E-state index is -3.52. The Morgan fingerprint density at radius 3 is 2.59 bits per heavy atom. The molecule has 0 aliphatic carbocycles. The van der Waals surface area contributed by atoms with Crippen LogP contribution in [0.4, 0.5) is 5.69 Å². The van der Waals surface area contributed by atoms with Gasteiger partial charge in [0, 0.05) is 31.3 Å². The normalized spacial score (nSPS) is 17.9. The fourth-order valence-corrected chi connectivity index (χ4v) is 4.89. The van der Waals surface area contributed by atoms with Crippen molar-refractivity contribution in [2.75, 3.05) is 19.6 Å². The highest BCUT2D eigenvalue weighted by molar-refractivity contribution is 7.89. The van der Waals surface area contributed by atoms with Gasteiger partial charge in [-0.25, -0.2) is 13.1 Å². The molecule has 0 amide bonds. The van der Waals surface area contributed by atoms with E-state index < -0.39 is 10.0 Å². The topological polar surface area (TPSA) is 92.6 Å². The Balaban J connectivity index is 1.60. The van der Waals surface area contributed by atoms with E-state index in [0.29, 0.717) is 18.7 Å². The highest BCUT2D eigenvalue weighted by Gasteiger charge is 2.24. The number of hydrogen-bond acceptors (Lipinski definition) is 5. The van der Waals surface area contributed by atoms with Gasteiger partial charge in [-0.05, 0) is 56.8 Å². The van der Waals surface area contributed by atoms with E-state index in [-0.39, 0.29) is 21.4 Å². The fraction of sp³-hybridized carbons (Fsp3) is 0.429. The molecule has 1 aliphatic rings. The molecule has 0 bridgehead atoms. The molecule has 1 saturated heterocycles. The summed E-state index contributed by atoms with van der Waals surface area (Å²) in [5, 5.41) is 11.2. The van der Waals surface area contributed by atoms with Crippen LogP contribution in [-0.4, -0.2) is 37.9 Å². The summed E-state index contributed by atoms with van der Waals surface area (Å²) in [7, 11) is -3.52. The van der Waals surface area contributed by atoms with Gasteiger partial charge < -0.3 is 0 Å². The van der Waals surface area contributed by atoms with Crippen LogP contribution in [0, 0.1) is 29.9 Å². The molecule has 1 unspecified atom stereocenters. The van der Waals surface area contributed by atoms with Crippen molar-refractivity contribution in [3.8, 4) is 0 Å². The van der Waals surface area contributed by atoms with E-state index in [9.17, 15) is 18.5 Å². The van der Waals surface area contributed by atoms with Gasteiger partial charge in [-0.1, -0.05) is 29.8 Å². The van der Waals surface area contributed by atoms with E-state index in [0.717, 1.165) is 37.1 Å². The molecule has 3 rings (SSSR count). The van der Waals surface area contributed by atoms with Crippen molar-refractivity contribution >= 4 is 15.7 Å². The van der Waals surface area contributed by atoms with Crippen LogP contribution in [0.1, 0.15) is 29.5 Å². The molecular formula is C21H27N3O4S. The highest BCUT2D eigenvalue weighted by Crippen LogP contribution is 2.24. The lowest BCUT2D eigenvalue weighted by Crippen LogP contribution is -2.40. The van der Waals surface area contributed by atoms with Crippen molar-refractivity contribution < 1.29 is 13.3 Å². The predicted molar refractivity (Wildman–Crippen MR) is 112 cm³/mol. The van der Waals surface area contributed by atoms with Crippen molar-refractivity contribution in [2.45, 2.75) is 38.1 Å². The third-order valence-corrected chi connectivity index (χ3v) is 6.94. The second kappa shape index (κ2) is 9.02. The Hall–Kier alpha value is -2.29. The molecule has 29 heavy (non-hydrogen) atoms. The number of piperidine rings is 1. The third kappa shape index (κ3) is 5.41. The first-order valence-electron chi connectivity index (χ1n) is 9.78. The quantitative estimate of drug-likeness (QED) is 0.551. The molecule has 0 aromatic heterocycles. The summed E-state index contributed by atoms with van der Waals surface area (Å²) in [4.78, 5) is 13.3. The van der Waals surface area contributed by atoms with Gasteiger partial charge in [-0.15, -0.1) is 0 Å². The zero-order valence-corrected chi connectivity index (χ0v) is 17.6. The Morgan fingerprint density at radius 1 is 1.17 bits per heavy atom. The van der Waals surface area contributed by atoms with Crippen LogP contribution < -0.4 is 4.72 Å². The summed E-state index contributed by atoms with van der Waals surface area (Å²) in [5.41, 5.74) is 2.80. The zero-order valence-electron chi connectivity index (χ0n) is 16.8. The Bertz CT molecular complexity index is 974. The van der Waals surface area contributed by atoms with Crippen molar-refractivity contribution in [2.24, 2.45) is 5.92 Å². The average molecular weight is 418 g/mol. The number of benzene rings is 2. The first-order valence-corrected chi connectivity index (χ1v) is 11.3. The second-order valence-electron chi connectivity index (χ2n) is 7.73. The molecule has 0 spiro atoms. The molecular weight excluding hydrogens is 390 g/mol. The van der Waals surface area contributed by atoms with E-state index in [1.807, 2.05) is 13.0 Å². The lowest BCUT2D eigenvalue weighted by Gasteiger charge is -2.33. The Morgan fingerprint density at radius 2 is 1.90 bits per heavy atom. The first kappa shape index (κ1) is 21.4. The lowest BCUT2D eigenvalue weighted by atomic mass is 9.97. The van der Waals surface area contributed by atoms with Crippen molar-refractivity contribution in [1.29, 1.82) is 0 Å². The SMILES string of the molecule is Cc1ccc(S(=O)(=O)NCC2CCCN(Cc3cccc([N+](=O)[O-])c3C)C2)cc1. The molecule has 2 aromatic rings. The molecule has 8 heteroatoms. The summed E-state index contributed by atoms with van der Waals surface area (Å²) >= 11 is 0. The Kier molecular flexibility index (Phi) is 6.66. The molecule has 1 aliphatic heterocycles. The minimum Gasteiger partial charge on any atom is -0.299 e. The van der Waals surface area contributed by atoms with Gasteiger partial charge in [0.2, 0.25) is 10.0 Å². The molecule has 156 valence electrons. The molecule has 1 heterocycles. The minimum absolute atomic E-state index is 0.141. The summed E-state index contributed by atoms with van der Waals surface area (Å²) in [6, 6.07) is 12.0. The number of sulfonamides is 1. The summed E-state index contributed by atoms with van der Waals surface area (Å²) in [5.74, 6) is 0.211. The average Bonchev–Trinajstić information content (AvgIpc) is 2.68. The molecule has 2 aromatic carbocycles. The van der Waals surface area contributed by atoms with Gasteiger partial charge in [0.05, 0.1) is 9.82 Å². The molecule has 0 radical (unpaired) electrons. The van der Waals surface area contributed by atoms with Crippen LogP contribution in [0.2, 0.25) is 0 Å². The maximum Gasteiger partial charge on any atom is 0.272 e. The predicted octanol–water partition coefficient (Wildman–Crippen LogP) is 3.40. The molecule has 1 N–H and O–H groups in total. The Labute approximate surface area is 171 Å². The van der Waals surface area contributed by atoms with Gasteiger partial charge >= 0.3 is 0 Å². The van der Waals surface area contributed by atoms with E-state index in [4.69, 9.17) is 0 Å². The van der Waals surface area contributed by atoms with Gasteiger partial charge in [-0.2, -0.15) is 0 Å². The molecule has 1 fully saturated rings. The maximum atomic E-state index is 12.5. The van der Waals surface area contributed by atoms with Crippen LogP contribution in [0.15, 0.2) is 47.4 Å².